The minimum atomic E-state index is -0.443. The molecule has 184 valence electrons. The molecule has 1 aromatic heterocycles. The summed E-state index contributed by atoms with van der Waals surface area (Å²) in [6, 6.07) is 12.8. The number of hydrogen-bond acceptors (Lipinski definition) is 5. The fraction of sp³-hybridized carbons (Fsp3) is 0.286. The summed E-state index contributed by atoms with van der Waals surface area (Å²) in [5.74, 6) is -0.688. The van der Waals surface area contributed by atoms with Gasteiger partial charge in [-0.1, -0.05) is 29.8 Å². The van der Waals surface area contributed by atoms with Crippen LogP contribution in [0.5, 0.6) is 5.75 Å². The predicted molar refractivity (Wildman–Crippen MR) is 140 cm³/mol. The van der Waals surface area contributed by atoms with Crippen molar-refractivity contribution in [2.75, 3.05) is 32.8 Å². The Labute approximate surface area is 213 Å². The van der Waals surface area contributed by atoms with E-state index in [-0.39, 0.29) is 5.75 Å². The summed E-state index contributed by atoms with van der Waals surface area (Å²) in [7, 11) is 0. The highest BCUT2D eigenvalue weighted by atomic mass is 35.5. The molecule has 3 N–H and O–H groups in total. The van der Waals surface area contributed by atoms with Crippen molar-refractivity contribution >= 4 is 45.2 Å². The number of fused-ring (bicyclic) bond motifs is 5. The van der Waals surface area contributed by atoms with E-state index in [0.717, 1.165) is 63.2 Å². The SMILES string of the molecule is O=C1NC(=O)c2c1c(-c1ccccc1Cl)cc1[nH]c3cc(CCCCN4CCOCC4)c(O)cc3c21. The van der Waals surface area contributed by atoms with Crippen LogP contribution in [0, 0.1) is 0 Å². The number of unbranched alkanes of at least 4 members (excludes halogenated alkanes) is 1. The summed E-state index contributed by atoms with van der Waals surface area (Å²) in [5.41, 5.74) is 4.31. The van der Waals surface area contributed by atoms with Crippen molar-refractivity contribution in [2.24, 2.45) is 0 Å². The van der Waals surface area contributed by atoms with Crippen LogP contribution in [0.3, 0.4) is 0 Å². The van der Waals surface area contributed by atoms with Crippen LogP contribution in [0.2, 0.25) is 5.02 Å². The Morgan fingerprint density at radius 3 is 2.53 bits per heavy atom. The molecule has 4 aromatic rings. The largest absolute Gasteiger partial charge is 0.508 e. The van der Waals surface area contributed by atoms with Gasteiger partial charge in [0.2, 0.25) is 0 Å². The minimum Gasteiger partial charge on any atom is -0.508 e. The number of carbonyl (C=O) groups excluding carboxylic acids is 2. The van der Waals surface area contributed by atoms with Gasteiger partial charge >= 0.3 is 0 Å². The van der Waals surface area contributed by atoms with E-state index in [1.54, 1.807) is 12.1 Å². The Morgan fingerprint density at radius 2 is 1.72 bits per heavy atom. The number of phenols is 1. The van der Waals surface area contributed by atoms with Gasteiger partial charge < -0.3 is 14.8 Å². The Bertz CT molecular complexity index is 1520. The topological polar surface area (TPSA) is 94.7 Å². The molecule has 36 heavy (non-hydrogen) atoms. The molecule has 8 heteroatoms. The van der Waals surface area contributed by atoms with Crippen LogP contribution in [0.1, 0.15) is 39.1 Å². The summed E-state index contributed by atoms with van der Waals surface area (Å²) in [4.78, 5) is 31.5. The van der Waals surface area contributed by atoms with Crippen LogP contribution >= 0.6 is 11.6 Å². The van der Waals surface area contributed by atoms with Crippen molar-refractivity contribution in [3.63, 3.8) is 0 Å². The molecule has 3 heterocycles. The van der Waals surface area contributed by atoms with Crippen LogP contribution in [0.4, 0.5) is 0 Å². The van der Waals surface area contributed by atoms with Gasteiger partial charge in [-0.05, 0) is 61.2 Å². The molecule has 0 unspecified atom stereocenters. The molecule has 0 bridgehead atoms. The van der Waals surface area contributed by atoms with E-state index in [0.29, 0.717) is 43.6 Å². The number of imide groups is 1. The van der Waals surface area contributed by atoms with Gasteiger partial charge in [-0.3, -0.25) is 19.8 Å². The van der Waals surface area contributed by atoms with Crippen LogP contribution in [0.15, 0.2) is 42.5 Å². The lowest BCUT2D eigenvalue weighted by Crippen LogP contribution is -2.36. The van der Waals surface area contributed by atoms with Crippen LogP contribution in [0.25, 0.3) is 32.9 Å². The second kappa shape index (κ2) is 9.24. The van der Waals surface area contributed by atoms with Gasteiger partial charge in [-0.25, -0.2) is 0 Å². The lowest BCUT2D eigenvalue weighted by atomic mass is 9.92. The molecule has 1 fully saturated rings. The number of morpholine rings is 1. The molecule has 0 radical (unpaired) electrons. The molecule has 0 aliphatic carbocycles. The molecule has 0 spiro atoms. The number of carbonyl (C=O) groups is 2. The summed E-state index contributed by atoms with van der Waals surface area (Å²) in [6.07, 6.45) is 2.75. The number of hydrogen-bond donors (Lipinski definition) is 3. The van der Waals surface area contributed by atoms with Crippen molar-refractivity contribution in [1.29, 1.82) is 0 Å². The second-order valence-corrected chi connectivity index (χ2v) is 9.83. The number of rotatable bonds is 6. The molecule has 0 atom stereocenters. The number of aromatic amines is 1. The van der Waals surface area contributed by atoms with E-state index >= 15 is 0 Å². The van der Waals surface area contributed by atoms with Crippen LogP contribution in [-0.4, -0.2) is 59.7 Å². The molecule has 2 aliphatic heterocycles. The molecular formula is C28H26ClN3O4. The Balaban J connectivity index is 1.38. The van der Waals surface area contributed by atoms with E-state index in [2.05, 4.69) is 15.2 Å². The number of ether oxygens (including phenoxy) is 1. The van der Waals surface area contributed by atoms with E-state index in [1.165, 1.54) is 0 Å². The van der Waals surface area contributed by atoms with Gasteiger partial charge in [0.25, 0.3) is 11.8 Å². The summed E-state index contributed by atoms with van der Waals surface area (Å²) in [6.45, 7) is 4.57. The van der Waals surface area contributed by atoms with Crippen LogP contribution < -0.4 is 5.32 Å². The first-order valence-corrected chi connectivity index (χ1v) is 12.6. The maximum Gasteiger partial charge on any atom is 0.259 e. The van der Waals surface area contributed by atoms with E-state index in [9.17, 15) is 14.7 Å². The first kappa shape index (κ1) is 23.0. The molecule has 7 nitrogen and oxygen atoms in total. The average Bonchev–Trinajstić information content (AvgIpc) is 3.37. The van der Waals surface area contributed by atoms with E-state index < -0.39 is 11.8 Å². The zero-order chi connectivity index (χ0) is 24.8. The van der Waals surface area contributed by atoms with Crippen molar-refractivity contribution in [1.82, 2.24) is 15.2 Å². The summed E-state index contributed by atoms with van der Waals surface area (Å²) in [5, 5.41) is 15.1. The average molecular weight is 504 g/mol. The highest BCUT2D eigenvalue weighted by Crippen LogP contribution is 2.41. The number of benzene rings is 3. The Kier molecular flexibility index (Phi) is 5.91. The predicted octanol–water partition coefficient (Wildman–Crippen LogP) is 4.89. The maximum atomic E-state index is 12.9. The molecule has 1 saturated heterocycles. The number of aromatic nitrogens is 1. The standard InChI is InChI=1S/C28H26ClN3O4/c29-20-7-2-1-6-17(20)18-14-22-24(26-25(18)27(34)31-28(26)35)19-15-23(33)16(13-21(19)30-22)5-3-4-8-32-9-11-36-12-10-32/h1-2,6-7,13-15,30,33H,3-5,8-12H2,(H,31,34,35). The normalized spacial score (nSPS) is 16.1. The summed E-state index contributed by atoms with van der Waals surface area (Å²) < 4.78 is 5.41. The minimum absolute atomic E-state index is 0.198. The number of nitrogens with zero attached hydrogens (tertiary/aromatic N) is 1. The lowest BCUT2D eigenvalue weighted by Gasteiger charge is -2.26. The van der Waals surface area contributed by atoms with Crippen LogP contribution in [-0.2, 0) is 11.2 Å². The highest BCUT2D eigenvalue weighted by Gasteiger charge is 2.34. The van der Waals surface area contributed by atoms with Gasteiger partial charge in [0.1, 0.15) is 5.75 Å². The maximum absolute atomic E-state index is 12.9. The van der Waals surface area contributed by atoms with Crippen molar-refractivity contribution in [2.45, 2.75) is 19.3 Å². The number of halogens is 1. The van der Waals surface area contributed by atoms with E-state index in [4.69, 9.17) is 16.3 Å². The van der Waals surface area contributed by atoms with Crippen molar-refractivity contribution < 1.29 is 19.4 Å². The van der Waals surface area contributed by atoms with E-state index in [1.807, 2.05) is 30.3 Å². The Hall–Kier alpha value is -3.39. The zero-order valence-corrected chi connectivity index (χ0v) is 20.5. The third-order valence-electron chi connectivity index (χ3n) is 7.20. The fourth-order valence-electron chi connectivity index (χ4n) is 5.41. The van der Waals surface area contributed by atoms with Gasteiger partial charge in [0, 0.05) is 45.5 Å². The first-order valence-electron chi connectivity index (χ1n) is 12.3. The monoisotopic (exact) mass is 503 g/mol. The fourth-order valence-corrected chi connectivity index (χ4v) is 5.65. The second-order valence-electron chi connectivity index (χ2n) is 9.42. The number of amides is 2. The number of aromatic hydroxyl groups is 1. The number of aryl methyl sites for hydroxylation is 1. The lowest BCUT2D eigenvalue weighted by molar-refractivity contribution is 0.0372. The number of nitrogens with one attached hydrogen (secondary N) is 2. The molecule has 2 amide bonds. The van der Waals surface area contributed by atoms with Crippen molar-refractivity contribution in [3.05, 3.63) is 64.2 Å². The Morgan fingerprint density at radius 1 is 0.944 bits per heavy atom. The molecule has 3 aromatic carbocycles. The smallest absolute Gasteiger partial charge is 0.259 e. The summed E-state index contributed by atoms with van der Waals surface area (Å²) >= 11 is 6.46. The van der Waals surface area contributed by atoms with Gasteiger partial charge in [0.05, 0.1) is 24.3 Å². The zero-order valence-electron chi connectivity index (χ0n) is 19.7. The molecule has 6 rings (SSSR count). The quantitative estimate of drug-likeness (QED) is 0.257. The highest BCUT2D eigenvalue weighted by molar-refractivity contribution is 6.36. The molecule has 2 aliphatic rings. The van der Waals surface area contributed by atoms with Crippen molar-refractivity contribution in [3.8, 4) is 16.9 Å². The van der Waals surface area contributed by atoms with Gasteiger partial charge in [-0.15, -0.1) is 0 Å². The van der Waals surface area contributed by atoms with Gasteiger partial charge in [-0.2, -0.15) is 0 Å². The van der Waals surface area contributed by atoms with Gasteiger partial charge in [0.15, 0.2) is 0 Å². The third kappa shape index (κ3) is 3.93. The molecule has 0 saturated carbocycles. The first-order chi connectivity index (χ1) is 17.5. The third-order valence-corrected chi connectivity index (χ3v) is 7.53. The number of H-pyrrole nitrogens is 1. The number of phenolic OH excluding ortho intramolecular Hbond substituents is 1. The molecular weight excluding hydrogens is 478 g/mol.